The van der Waals surface area contributed by atoms with Gasteiger partial charge >= 0.3 is 0 Å². The van der Waals surface area contributed by atoms with Crippen LogP contribution in [0.1, 0.15) is 18.1 Å². The summed E-state index contributed by atoms with van der Waals surface area (Å²) in [4.78, 5) is 0. The average molecular weight is 194 g/mol. The molecule has 0 aliphatic carbocycles. The number of hydrogen-bond donors (Lipinski definition) is 2. The molecule has 0 fully saturated rings. The van der Waals surface area contributed by atoms with Gasteiger partial charge in [0, 0.05) is 11.3 Å². The first-order chi connectivity index (χ1) is 6.24. The highest BCUT2D eigenvalue weighted by molar-refractivity contribution is 7.98. The van der Waals surface area contributed by atoms with E-state index in [-0.39, 0.29) is 5.84 Å². The first kappa shape index (κ1) is 10.1. The summed E-state index contributed by atoms with van der Waals surface area (Å²) in [6.07, 6.45) is 0. The summed E-state index contributed by atoms with van der Waals surface area (Å²) in [6, 6.07) is 7.85. The maximum absolute atomic E-state index is 7.28. The van der Waals surface area contributed by atoms with Gasteiger partial charge in [0.15, 0.2) is 0 Å². The zero-order chi connectivity index (χ0) is 9.68. The minimum atomic E-state index is 0.142. The zero-order valence-electron chi connectivity index (χ0n) is 7.71. The van der Waals surface area contributed by atoms with Crippen LogP contribution in [0.15, 0.2) is 24.3 Å². The predicted molar refractivity (Wildman–Crippen MR) is 59.3 cm³/mol. The van der Waals surface area contributed by atoms with Crippen LogP contribution in [-0.4, -0.2) is 11.6 Å². The lowest BCUT2D eigenvalue weighted by Gasteiger charge is -2.02. The molecule has 70 valence electrons. The van der Waals surface area contributed by atoms with E-state index in [1.807, 2.05) is 30.0 Å². The van der Waals surface area contributed by atoms with Gasteiger partial charge in [-0.15, -0.1) is 0 Å². The molecule has 1 aromatic carbocycles. The Bertz CT molecular complexity index is 297. The van der Waals surface area contributed by atoms with Gasteiger partial charge in [-0.25, -0.2) is 0 Å². The van der Waals surface area contributed by atoms with Crippen molar-refractivity contribution in [3.05, 3.63) is 35.4 Å². The summed E-state index contributed by atoms with van der Waals surface area (Å²) in [5.41, 5.74) is 7.44. The first-order valence-corrected chi connectivity index (χ1v) is 5.40. The molecule has 2 nitrogen and oxygen atoms in total. The lowest BCUT2D eigenvalue weighted by atomic mass is 10.1. The van der Waals surface area contributed by atoms with Crippen molar-refractivity contribution in [2.24, 2.45) is 5.73 Å². The van der Waals surface area contributed by atoms with Gasteiger partial charge in [0.25, 0.3) is 0 Å². The fourth-order valence-corrected chi connectivity index (χ4v) is 1.67. The number of benzene rings is 1. The Kier molecular flexibility index (Phi) is 3.83. The normalized spacial score (nSPS) is 9.92. The van der Waals surface area contributed by atoms with E-state index in [1.165, 1.54) is 5.56 Å². The van der Waals surface area contributed by atoms with Crippen LogP contribution in [0.4, 0.5) is 0 Å². The van der Waals surface area contributed by atoms with E-state index in [9.17, 15) is 0 Å². The van der Waals surface area contributed by atoms with Crippen LogP contribution in [0.2, 0.25) is 0 Å². The number of hydrogen-bond acceptors (Lipinski definition) is 2. The van der Waals surface area contributed by atoms with Crippen molar-refractivity contribution in [3.63, 3.8) is 0 Å². The van der Waals surface area contributed by atoms with Crippen molar-refractivity contribution < 1.29 is 0 Å². The zero-order valence-corrected chi connectivity index (χ0v) is 8.53. The number of nitrogens with one attached hydrogen (secondary N) is 1. The second kappa shape index (κ2) is 4.92. The minimum absolute atomic E-state index is 0.142. The Morgan fingerprint density at radius 1 is 1.54 bits per heavy atom. The first-order valence-electron chi connectivity index (χ1n) is 4.25. The summed E-state index contributed by atoms with van der Waals surface area (Å²) in [5, 5.41) is 7.28. The van der Waals surface area contributed by atoms with Gasteiger partial charge in [0.05, 0.1) is 0 Å². The second-order valence-electron chi connectivity index (χ2n) is 2.75. The third-order valence-electron chi connectivity index (χ3n) is 1.71. The molecular formula is C10H14N2S. The molecule has 0 spiro atoms. The van der Waals surface area contributed by atoms with Crippen LogP contribution in [0, 0.1) is 5.41 Å². The van der Waals surface area contributed by atoms with Gasteiger partial charge in [0.1, 0.15) is 5.84 Å². The fourth-order valence-electron chi connectivity index (χ4n) is 1.05. The van der Waals surface area contributed by atoms with E-state index in [1.54, 1.807) is 0 Å². The third kappa shape index (κ3) is 3.11. The molecule has 0 aliphatic rings. The highest BCUT2D eigenvalue weighted by Gasteiger charge is 1.97. The number of thioether (sulfide) groups is 1. The van der Waals surface area contributed by atoms with Crippen molar-refractivity contribution in [1.29, 1.82) is 5.41 Å². The molecule has 0 atom stereocenters. The summed E-state index contributed by atoms with van der Waals surface area (Å²) >= 11 is 1.87. The molecular weight excluding hydrogens is 180 g/mol. The molecule has 3 heteroatoms. The van der Waals surface area contributed by atoms with Crippen LogP contribution in [0.25, 0.3) is 0 Å². The van der Waals surface area contributed by atoms with Crippen LogP contribution in [0.5, 0.6) is 0 Å². The molecule has 3 N–H and O–H groups in total. The minimum Gasteiger partial charge on any atom is -0.384 e. The summed E-state index contributed by atoms with van der Waals surface area (Å²) in [6.45, 7) is 2.14. The smallest absolute Gasteiger partial charge is 0.122 e. The fraction of sp³-hybridized carbons (Fsp3) is 0.300. The highest BCUT2D eigenvalue weighted by Crippen LogP contribution is 2.12. The maximum Gasteiger partial charge on any atom is 0.122 e. The molecule has 0 aliphatic heterocycles. The van der Waals surface area contributed by atoms with Crippen molar-refractivity contribution in [2.45, 2.75) is 12.7 Å². The molecule has 0 aromatic heterocycles. The standard InChI is InChI=1S/C10H14N2S/c1-2-13-7-8-4-3-5-9(6-8)10(11)12/h3-6H,2,7H2,1H3,(H3,11,12). The molecule has 0 unspecified atom stereocenters. The molecule has 0 radical (unpaired) electrons. The number of rotatable bonds is 4. The van der Waals surface area contributed by atoms with E-state index in [4.69, 9.17) is 11.1 Å². The van der Waals surface area contributed by atoms with Gasteiger partial charge in [0.2, 0.25) is 0 Å². The van der Waals surface area contributed by atoms with Crippen LogP contribution < -0.4 is 5.73 Å². The largest absolute Gasteiger partial charge is 0.384 e. The molecule has 0 saturated carbocycles. The summed E-state index contributed by atoms with van der Waals surface area (Å²) in [7, 11) is 0. The second-order valence-corrected chi connectivity index (χ2v) is 4.03. The summed E-state index contributed by atoms with van der Waals surface area (Å²) in [5.74, 6) is 2.26. The third-order valence-corrected chi connectivity index (χ3v) is 2.66. The summed E-state index contributed by atoms with van der Waals surface area (Å²) < 4.78 is 0. The molecule has 0 amide bonds. The van der Waals surface area contributed by atoms with Crippen molar-refractivity contribution in [1.82, 2.24) is 0 Å². The Morgan fingerprint density at radius 3 is 2.92 bits per heavy atom. The van der Waals surface area contributed by atoms with E-state index in [2.05, 4.69) is 13.0 Å². The Balaban J connectivity index is 2.73. The predicted octanol–water partition coefficient (Wildman–Crippen LogP) is 2.22. The monoisotopic (exact) mass is 194 g/mol. The number of nitrogens with two attached hydrogens (primary N) is 1. The molecule has 0 bridgehead atoms. The maximum atomic E-state index is 7.28. The van der Waals surface area contributed by atoms with E-state index in [0.29, 0.717) is 0 Å². The topological polar surface area (TPSA) is 49.9 Å². The van der Waals surface area contributed by atoms with Crippen molar-refractivity contribution in [2.75, 3.05) is 5.75 Å². The van der Waals surface area contributed by atoms with Gasteiger partial charge in [-0.05, 0) is 17.4 Å². The van der Waals surface area contributed by atoms with E-state index in [0.717, 1.165) is 17.1 Å². The molecule has 13 heavy (non-hydrogen) atoms. The van der Waals surface area contributed by atoms with Crippen LogP contribution >= 0.6 is 11.8 Å². The molecule has 1 aromatic rings. The van der Waals surface area contributed by atoms with E-state index >= 15 is 0 Å². The van der Waals surface area contributed by atoms with Gasteiger partial charge < -0.3 is 5.73 Å². The highest BCUT2D eigenvalue weighted by atomic mass is 32.2. The number of nitrogen functional groups attached to an aromatic ring is 1. The van der Waals surface area contributed by atoms with Gasteiger partial charge in [-0.1, -0.05) is 25.1 Å². The van der Waals surface area contributed by atoms with Crippen LogP contribution in [0.3, 0.4) is 0 Å². The van der Waals surface area contributed by atoms with Crippen molar-refractivity contribution >= 4 is 17.6 Å². The Labute approximate surface area is 83.0 Å². The lowest BCUT2D eigenvalue weighted by molar-refractivity contribution is 1.36. The van der Waals surface area contributed by atoms with Gasteiger partial charge in [-0.2, -0.15) is 11.8 Å². The molecule has 1 rings (SSSR count). The Hall–Kier alpha value is -0.960. The van der Waals surface area contributed by atoms with Crippen LogP contribution in [-0.2, 0) is 5.75 Å². The van der Waals surface area contributed by atoms with E-state index < -0.39 is 0 Å². The average Bonchev–Trinajstić information content (AvgIpc) is 2.15. The van der Waals surface area contributed by atoms with Gasteiger partial charge in [-0.3, -0.25) is 5.41 Å². The SMILES string of the molecule is CCSCc1cccc(C(=N)N)c1. The molecule has 0 saturated heterocycles. The molecule has 0 heterocycles. The van der Waals surface area contributed by atoms with Crippen molar-refractivity contribution in [3.8, 4) is 0 Å². The quantitative estimate of drug-likeness (QED) is 0.570. The Morgan fingerprint density at radius 2 is 2.31 bits per heavy atom. The number of amidine groups is 1. The lowest BCUT2D eigenvalue weighted by Crippen LogP contribution is -2.10.